The van der Waals surface area contributed by atoms with Crippen molar-refractivity contribution in [2.24, 2.45) is 5.41 Å². The van der Waals surface area contributed by atoms with Gasteiger partial charge in [-0.1, -0.05) is 19.9 Å². The highest BCUT2D eigenvalue weighted by Gasteiger charge is 2.34. The maximum Gasteiger partial charge on any atom is 0.416 e. The zero-order valence-corrected chi connectivity index (χ0v) is 12.8. The third-order valence-electron chi connectivity index (χ3n) is 4.00. The Morgan fingerprint density at radius 1 is 1.30 bits per heavy atom. The first-order chi connectivity index (χ1) is 9.20. The van der Waals surface area contributed by atoms with Crippen LogP contribution in [0.15, 0.2) is 18.2 Å². The minimum Gasteiger partial charge on any atom is -0.381 e. The molecule has 0 amide bonds. The predicted octanol–water partition coefficient (Wildman–Crippen LogP) is 4.96. The molecule has 0 aromatic heterocycles. The van der Waals surface area contributed by atoms with E-state index in [1.54, 1.807) is 6.07 Å². The van der Waals surface area contributed by atoms with Crippen LogP contribution in [0.5, 0.6) is 0 Å². The van der Waals surface area contributed by atoms with E-state index in [0.717, 1.165) is 17.9 Å². The molecule has 0 saturated carbocycles. The van der Waals surface area contributed by atoms with Crippen LogP contribution in [0.25, 0.3) is 0 Å². The molecule has 1 saturated heterocycles. The summed E-state index contributed by atoms with van der Waals surface area (Å²) in [5, 5.41) is 3.29. The second kappa shape index (κ2) is 5.51. The van der Waals surface area contributed by atoms with Crippen LogP contribution in [0, 0.1) is 12.3 Å². The molecule has 1 atom stereocenters. The van der Waals surface area contributed by atoms with Crippen molar-refractivity contribution in [3.05, 3.63) is 29.3 Å². The van der Waals surface area contributed by atoms with Crippen LogP contribution in [-0.2, 0) is 6.18 Å². The summed E-state index contributed by atoms with van der Waals surface area (Å²) < 4.78 is 38.8. The molecule has 0 radical (unpaired) electrons. The second-order valence-electron chi connectivity index (χ2n) is 6.04. The number of alkyl halides is 3. The highest BCUT2D eigenvalue weighted by molar-refractivity contribution is 7.99. The van der Waals surface area contributed by atoms with Gasteiger partial charge in [0.15, 0.2) is 0 Å². The van der Waals surface area contributed by atoms with Gasteiger partial charge >= 0.3 is 6.18 Å². The lowest BCUT2D eigenvalue weighted by molar-refractivity contribution is -0.138. The molecule has 1 heterocycles. The van der Waals surface area contributed by atoms with Gasteiger partial charge in [-0.15, -0.1) is 0 Å². The Labute approximate surface area is 122 Å². The molecule has 0 bridgehead atoms. The molecular formula is C15H20F3NS. The summed E-state index contributed by atoms with van der Waals surface area (Å²) in [6.07, 6.45) is -3.22. The standard InChI is InChI=1S/C15H20F3NS/c1-10-4-5-11(8-12(10)15(16,17)18)19-13-9-20-7-6-14(13,2)3/h4-5,8,13,19H,6-7,9H2,1-3H3. The summed E-state index contributed by atoms with van der Waals surface area (Å²) in [7, 11) is 0. The molecule has 1 N–H and O–H groups in total. The van der Waals surface area contributed by atoms with Crippen LogP contribution < -0.4 is 5.32 Å². The number of benzene rings is 1. The molecule has 1 aromatic carbocycles. The summed E-state index contributed by atoms with van der Waals surface area (Å²) in [4.78, 5) is 0. The molecular weight excluding hydrogens is 283 g/mol. The number of anilines is 1. The second-order valence-corrected chi connectivity index (χ2v) is 7.19. The van der Waals surface area contributed by atoms with Gasteiger partial charge in [0.05, 0.1) is 5.56 Å². The lowest BCUT2D eigenvalue weighted by Crippen LogP contribution is -2.41. The Morgan fingerprint density at radius 2 is 2.00 bits per heavy atom. The molecule has 1 unspecified atom stereocenters. The Kier molecular flexibility index (Phi) is 4.28. The average Bonchev–Trinajstić information content (AvgIpc) is 2.32. The molecule has 112 valence electrons. The largest absolute Gasteiger partial charge is 0.416 e. The minimum absolute atomic E-state index is 0.106. The first-order valence-electron chi connectivity index (χ1n) is 6.72. The van der Waals surface area contributed by atoms with Gasteiger partial charge in [-0.25, -0.2) is 0 Å². The first-order valence-corrected chi connectivity index (χ1v) is 7.88. The summed E-state index contributed by atoms with van der Waals surface area (Å²) in [5.41, 5.74) is 0.377. The number of hydrogen-bond donors (Lipinski definition) is 1. The number of rotatable bonds is 2. The van der Waals surface area contributed by atoms with Crippen molar-refractivity contribution in [1.82, 2.24) is 0 Å². The molecule has 1 fully saturated rings. The van der Waals surface area contributed by atoms with Gasteiger partial charge in [0.25, 0.3) is 0 Å². The van der Waals surface area contributed by atoms with Gasteiger partial charge in [0.2, 0.25) is 0 Å². The van der Waals surface area contributed by atoms with Crippen LogP contribution in [0.4, 0.5) is 18.9 Å². The van der Waals surface area contributed by atoms with Crippen molar-refractivity contribution in [3.8, 4) is 0 Å². The molecule has 1 aromatic rings. The van der Waals surface area contributed by atoms with E-state index in [0.29, 0.717) is 5.69 Å². The highest BCUT2D eigenvalue weighted by Crippen LogP contribution is 2.38. The Hall–Kier alpha value is -0.840. The number of halogens is 3. The summed E-state index contributed by atoms with van der Waals surface area (Å²) in [5.74, 6) is 2.05. The summed E-state index contributed by atoms with van der Waals surface area (Å²) in [6.45, 7) is 5.83. The fourth-order valence-corrected chi connectivity index (χ4v) is 4.00. The van der Waals surface area contributed by atoms with Gasteiger partial charge in [-0.2, -0.15) is 24.9 Å². The average molecular weight is 303 g/mol. The molecule has 0 aliphatic carbocycles. The van der Waals surface area contributed by atoms with Crippen molar-refractivity contribution in [2.75, 3.05) is 16.8 Å². The van der Waals surface area contributed by atoms with Crippen LogP contribution in [0.1, 0.15) is 31.4 Å². The van der Waals surface area contributed by atoms with Gasteiger partial charge < -0.3 is 5.32 Å². The van der Waals surface area contributed by atoms with Crippen LogP contribution >= 0.6 is 11.8 Å². The molecule has 20 heavy (non-hydrogen) atoms. The predicted molar refractivity (Wildman–Crippen MR) is 79.3 cm³/mol. The summed E-state index contributed by atoms with van der Waals surface area (Å²) >= 11 is 1.85. The van der Waals surface area contributed by atoms with Gasteiger partial charge in [0, 0.05) is 17.5 Å². The van der Waals surface area contributed by atoms with E-state index in [1.165, 1.54) is 19.1 Å². The molecule has 1 nitrogen and oxygen atoms in total. The monoisotopic (exact) mass is 303 g/mol. The van der Waals surface area contributed by atoms with Crippen molar-refractivity contribution in [2.45, 2.75) is 39.4 Å². The zero-order chi connectivity index (χ0) is 15.0. The molecule has 2 rings (SSSR count). The fourth-order valence-electron chi connectivity index (χ4n) is 2.39. The highest BCUT2D eigenvalue weighted by atomic mass is 32.2. The number of aryl methyl sites for hydroxylation is 1. The Bertz CT molecular complexity index is 482. The van der Waals surface area contributed by atoms with Crippen molar-refractivity contribution in [3.63, 3.8) is 0 Å². The van der Waals surface area contributed by atoms with Gasteiger partial charge in [0.1, 0.15) is 0 Å². The third-order valence-corrected chi connectivity index (χ3v) is 5.06. The minimum atomic E-state index is -4.29. The van der Waals surface area contributed by atoms with E-state index < -0.39 is 11.7 Å². The van der Waals surface area contributed by atoms with E-state index in [1.807, 2.05) is 11.8 Å². The lowest BCUT2D eigenvalue weighted by atomic mass is 9.82. The van der Waals surface area contributed by atoms with Gasteiger partial charge in [-0.3, -0.25) is 0 Å². The Balaban J connectivity index is 2.22. The van der Waals surface area contributed by atoms with E-state index >= 15 is 0 Å². The molecule has 1 aliphatic rings. The third kappa shape index (κ3) is 3.43. The summed E-state index contributed by atoms with van der Waals surface area (Å²) in [6, 6.07) is 4.70. The quantitative estimate of drug-likeness (QED) is 0.829. The van der Waals surface area contributed by atoms with E-state index in [4.69, 9.17) is 0 Å². The van der Waals surface area contributed by atoms with E-state index in [2.05, 4.69) is 19.2 Å². The van der Waals surface area contributed by atoms with Crippen molar-refractivity contribution >= 4 is 17.4 Å². The van der Waals surface area contributed by atoms with Crippen LogP contribution in [0.2, 0.25) is 0 Å². The lowest BCUT2D eigenvalue weighted by Gasteiger charge is -2.39. The normalized spacial score (nSPS) is 22.6. The molecule has 0 spiro atoms. The fraction of sp³-hybridized carbons (Fsp3) is 0.600. The van der Waals surface area contributed by atoms with Crippen LogP contribution in [0.3, 0.4) is 0 Å². The van der Waals surface area contributed by atoms with Gasteiger partial charge in [-0.05, 0) is 42.2 Å². The number of thioether (sulfide) groups is 1. The SMILES string of the molecule is Cc1ccc(NC2CSCCC2(C)C)cc1C(F)(F)F. The van der Waals surface area contributed by atoms with Crippen molar-refractivity contribution < 1.29 is 13.2 Å². The van der Waals surface area contributed by atoms with E-state index in [9.17, 15) is 13.2 Å². The topological polar surface area (TPSA) is 12.0 Å². The smallest absolute Gasteiger partial charge is 0.381 e. The molecule has 5 heteroatoms. The number of hydrogen-bond acceptors (Lipinski definition) is 2. The molecule has 1 aliphatic heterocycles. The van der Waals surface area contributed by atoms with E-state index in [-0.39, 0.29) is 17.0 Å². The van der Waals surface area contributed by atoms with Crippen molar-refractivity contribution in [1.29, 1.82) is 0 Å². The van der Waals surface area contributed by atoms with Crippen LogP contribution in [-0.4, -0.2) is 17.5 Å². The maximum absolute atomic E-state index is 12.9. The zero-order valence-electron chi connectivity index (χ0n) is 12.0. The first kappa shape index (κ1) is 15.5. The number of nitrogens with one attached hydrogen (secondary N) is 1. The Morgan fingerprint density at radius 3 is 2.60 bits per heavy atom. The maximum atomic E-state index is 12.9.